The van der Waals surface area contributed by atoms with Crippen molar-refractivity contribution < 1.29 is 9.53 Å². The number of amides is 1. The molecule has 2 aliphatic rings. The molecular weight excluding hydrogens is 336 g/mol. The van der Waals surface area contributed by atoms with E-state index in [1.165, 1.54) is 5.56 Å². The molecule has 0 aromatic heterocycles. The fourth-order valence-corrected chi connectivity index (χ4v) is 4.11. The lowest BCUT2D eigenvalue weighted by Crippen LogP contribution is -2.31. The molecule has 142 valence electrons. The number of carbonyl (C=O) groups excluding carboxylic acids is 1. The van der Waals surface area contributed by atoms with Crippen LogP contribution in [0.1, 0.15) is 29.9 Å². The van der Waals surface area contributed by atoms with Gasteiger partial charge in [0.2, 0.25) is 5.91 Å². The van der Waals surface area contributed by atoms with Crippen molar-refractivity contribution in [2.45, 2.75) is 25.4 Å². The van der Waals surface area contributed by atoms with Gasteiger partial charge in [-0.15, -0.1) is 0 Å². The molecule has 4 rings (SSSR count). The van der Waals surface area contributed by atoms with E-state index in [1.54, 1.807) is 0 Å². The number of nitrogens with one attached hydrogen (secondary N) is 1. The first-order chi connectivity index (χ1) is 13.2. The lowest BCUT2D eigenvalue weighted by Gasteiger charge is -2.16. The summed E-state index contributed by atoms with van der Waals surface area (Å²) in [5.41, 5.74) is 2.42. The molecule has 2 aromatic carbocycles. The second-order valence-electron chi connectivity index (χ2n) is 7.79. The fourth-order valence-electron chi connectivity index (χ4n) is 4.11. The van der Waals surface area contributed by atoms with Crippen molar-refractivity contribution in [2.75, 3.05) is 26.7 Å². The van der Waals surface area contributed by atoms with Gasteiger partial charge in [-0.1, -0.05) is 42.5 Å². The van der Waals surface area contributed by atoms with E-state index in [4.69, 9.17) is 4.74 Å². The normalized spacial score (nSPS) is 24.0. The summed E-state index contributed by atoms with van der Waals surface area (Å²) in [6.07, 6.45) is 2.10. The molecule has 1 aliphatic carbocycles. The van der Waals surface area contributed by atoms with Crippen LogP contribution in [0.4, 0.5) is 0 Å². The first kappa shape index (κ1) is 18.1. The summed E-state index contributed by atoms with van der Waals surface area (Å²) in [5, 5.41) is 3.22. The summed E-state index contributed by atoms with van der Waals surface area (Å²) in [5.74, 6) is 2.39. The first-order valence-electron chi connectivity index (χ1n) is 9.94. The van der Waals surface area contributed by atoms with Crippen molar-refractivity contribution in [3.63, 3.8) is 0 Å². The summed E-state index contributed by atoms with van der Waals surface area (Å²) < 4.78 is 5.86. The minimum Gasteiger partial charge on any atom is -0.489 e. The van der Waals surface area contributed by atoms with E-state index in [9.17, 15) is 4.79 Å². The highest BCUT2D eigenvalue weighted by Gasteiger charge is 2.46. The number of likely N-dealkylation sites (tertiary alicyclic amines) is 1. The molecule has 3 unspecified atom stereocenters. The topological polar surface area (TPSA) is 41.6 Å². The minimum atomic E-state index is 0.175. The van der Waals surface area contributed by atoms with Gasteiger partial charge in [-0.2, -0.15) is 0 Å². The molecule has 1 amide bonds. The van der Waals surface area contributed by atoms with Crippen LogP contribution >= 0.6 is 0 Å². The highest BCUT2D eigenvalue weighted by atomic mass is 16.5. The third-order valence-corrected chi connectivity index (χ3v) is 5.75. The Hall–Kier alpha value is -2.33. The molecule has 1 N–H and O–H groups in total. The molecule has 4 nitrogen and oxygen atoms in total. The average molecular weight is 364 g/mol. The van der Waals surface area contributed by atoms with Gasteiger partial charge in [-0.25, -0.2) is 0 Å². The SMILES string of the molecule is CNCC1CCN(C(=O)C2CC2c2ccc(OCc3ccccc3)cc2)C1. The Morgan fingerprint density at radius 1 is 1.15 bits per heavy atom. The number of benzene rings is 2. The van der Waals surface area contributed by atoms with Gasteiger partial charge < -0.3 is 15.0 Å². The Morgan fingerprint density at radius 3 is 2.67 bits per heavy atom. The molecule has 0 radical (unpaired) electrons. The Morgan fingerprint density at radius 2 is 1.93 bits per heavy atom. The van der Waals surface area contributed by atoms with Crippen LogP contribution in [0, 0.1) is 11.8 Å². The molecule has 1 aliphatic heterocycles. The van der Waals surface area contributed by atoms with Gasteiger partial charge in [0.1, 0.15) is 12.4 Å². The van der Waals surface area contributed by atoms with E-state index in [0.717, 1.165) is 43.8 Å². The van der Waals surface area contributed by atoms with Gasteiger partial charge in [0.15, 0.2) is 0 Å². The van der Waals surface area contributed by atoms with Crippen LogP contribution in [0.25, 0.3) is 0 Å². The van der Waals surface area contributed by atoms with Crippen LogP contribution in [0.15, 0.2) is 54.6 Å². The number of hydrogen-bond donors (Lipinski definition) is 1. The second kappa shape index (κ2) is 8.13. The van der Waals surface area contributed by atoms with Crippen molar-refractivity contribution in [1.29, 1.82) is 0 Å². The third kappa shape index (κ3) is 4.33. The number of ether oxygens (including phenoxy) is 1. The largest absolute Gasteiger partial charge is 0.489 e. The van der Waals surface area contributed by atoms with Gasteiger partial charge in [-0.05, 0) is 61.5 Å². The van der Waals surface area contributed by atoms with E-state index < -0.39 is 0 Å². The van der Waals surface area contributed by atoms with Crippen LogP contribution in [-0.2, 0) is 11.4 Å². The monoisotopic (exact) mass is 364 g/mol. The highest BCUT2D eigenvalue weighted by Crippen LogP contribution is 2.49. The van der Waals surface area contributed by atoms with Gasteiger partial charge in [0.25, 0.3) is 0 Å². The molecule has 0 spiro atoms. The number of nitrogens with zero attached hydrogens (tertiary/aromatic N) is 1. The van der Waals surface area contributed by atoms with Crippen LogP contribution < -0.4 is 10.1 Å². The van der Waals surface area contributed by atoms with Gasteiger partial charge in [-0.3, -0.25) is 4.79 Å². The van der Waals surface area contributed by atoms with E-state index in [0.29, 0.717) is 24.3 Å². The van der Waals surface area contributed by atoms with Crippen molar-refractivity contribution in [3.8, 4) is 5.75 Å². The van der Waals surface area contributed by atoms with E-state index in [1.807, 2.05) is 37.4 Å². The Kier molecular flexibility index (Phi) is 5.44. The van der Waals surface area contributed by atoms with Crippen LogP contribution in [0.2, 0.25) is 0 Å². The maximum atomic E-state index is 12.7. The molecule has 27 heavy (non-hydrogen) atoms. The zero-order chi connectivity index (χ0) is 18.6. The fraction of sp³-hybridized carbons (Fsp3) is 0.435. The predicted octanol–water partition coefficient (Wildman–Crippen LogP) is 3.44. The standard InChI is InChI=1S/C23H28N2O2/c1-24-14-18-11-12-25(15-18)23(26)22-13-21(22)19-7-9-20(10-8-19)27-16-17-5-3-2-4-6-17/h2-10,18,21-22,24H,11-16H2,1H3. The highest BCUT2D eigenvalue weighted by molar-refractivity contribution is 5.83. The van der Waals surface area contributed by atoms with Gasteiger partial charge in [0.05, 0.1) is 0 Å². The summed E-state index contributed by atoms with van der Waals surface area (Å²) in [6, 6.07) is 18.5. The lowest BCUT2D eigenvalue weighted by atomic mass is 10.1. The van der Waals surface area contributed by atoms with E-state index >= 15 is 0 Å². The van der Waals surface area contributed by atoms with Crippen molar-refractivity contribution in [3.05, 3.63) is 65.7 Å². The summed E-state index contributed by atoms with van der Waals surface area (Å²) in [4.78, 5) is 14.8. The quantitative estimate of drug-likeness (QED) is 0.818. The summed E-state index contributed by atoms with van der Waals surface area (Å²) in [7, 11) is 1.98. The smallest absolute Gasteiger partial charge is 0.226 e. The number of rotatable bonds is 7. The molecule has 0 bridgehead atoms. The van der Waals surface area contributed by atoms with Crippen molar-refractivity contribution in [1.82, 2.24) is 10.2 Å². The third-order valence-electron chi connectivity index (χ3n) is 5.75. The van der Waals surface area contributed by atoms with Crippen LogP contribution in [0.5, 0.6) is 5.75 Å². The van der Waals surface area contributed by atoms with Gasteiger partial charge >= 0.3 is 0 Å². The Balaban J connectivity index is 1.28. The van der Waals surface area contributed by atoms with Crippen LogP contribution in [0.3, 0.4) is 0 Å². The molecule has 2 fully saturated rings. The molecule has 2 aromatic rings. The zero-order valence-corrected chi connectivity index (χ0v) is 15.9. The summed E-state index contributed by atoms with van der Waals surface area (Å²) in [6.45, 7) is 3.41. The Labute approximate surface area is 161 Å². The van der Waals surface area contributed by atoms with Crippen molar-refractivity contribution >= 4 is 5.91 Å². The molecule has 3 atom stereocenters. The summed E-state index contributed by atoms with van der Waals surface area (Å²) >= 11 is 0. The van der Waals surface area contributed by atoms with Crippen molar-refractivity contribution in [2.24, 2.45) is 11.8 Å². The second-order valence-corrected chi connectivity index (χ2v) is 7.79. The molecule has 1 saturated heterocycles. The minimum absolute atomic E-state index is 0.175. The number of carbonyl (C=O) groups is 1. The zero-order valence-electron chi connectivity index (χ0n) is 15.9. The van der Waals surface area contributed by atoms with E-state index in [-0.39, 0.29) is 5.92 Å². The van der Waals surface area contributed by atoms with Gasteiger partial charge in [0, 0.05) is 19.0 Å². The van der Waals surface area contributed by atoms with E-state index in [2.05, 4.69) is 34.5 Å². The number of hydrogen-bond acceptors (Lipinski definition) is 3. The molecule has 1 saturated carbocycles. The predicted molar refractivity (Wildman–Crippen MR) is 107 cm³/mol. The maximum Gasteiger partial charge on any atom is 0.226 e. The first-order valence-corrected chi connectivity index (χ1v) is 9.94. The average Bonchev–Trinajstić information content (AvgIpc) is 3.38. The molecule has 4 heteroatoms. The lowest BCUT2D eigenvalue weighted by molar-refractivity contribution is -0.131. The van der Waals surface area contributed by atoms with Crippen LogP contribution in [-0.4, -0.2) is 37.5 Å². The molecule has 1 heterocycles. The maximum absolute atomic E-state index is 12.7. The molecular formula is C23H28N2O2. The Bertz CT molecular complexity index is 760.